The quantitative estimate of drug-likeness (QED) is 0.0183. The van der Waals surface area contributed by atoms with E-state index >= 15 is 4.79 Å². The first-order valence-electron chi connectivity index (χ1n) is 32.5. The first-order chi connectivity index (χ1) is 48.4. The highest BCUT2D eigenvalue weighted by Crippen LogP contribution is 2.36. The lowest BCUT2D eigenvalue weighted by Gasteiger charge is -2.47. The molecule has 41 nitrogen and oxygen atoms in total. The van der Waals surface area contributed by atoms with Crippen molar-refractivity contribution in [2.45, 2.75) is 176 Å². The van der Waals surface area contributed by atoms with Crippen molar-refractivity contribution >= 4 is 81.8 Å². The molecule has 2 saturated heterocycles. The fraction of sp³-hybridized carbons (Fsp3) is 0.644. The largest absolute Gasteiger partial charge is 0.441 e. The minimum absolute atomic E-state index is 0.00694. The van der Waals surface area contributed by atoms with Crippen molar-refractivity contribution in [2.75, 3.05) is 70.1 Å². The zero-order valence-corrected chi connectivity index (χ0v) is 57.9. The van der Waals surface area contributed by atoms with E-state index in [2.05, 4.69) is 72.4 Å². The van der Waals surface area contributed by atoms with Crippen molar-refractivity contribution in [2.24, 2.45) is 34.6 Å². The Bertz CT molecular complexity index is 3380. The van der Waals surface area contributed by atoms with E-state index in [1.54, 1.807) is 10.8 Å². The molecule has 4 aromatic heterocycles. The zero-order chi connectivity index (χ0) is 75.1. The van der Waals surface area contributed by atoms with Gasteiger partial charge in [0, 0.05) is 61.8 Å². The molecule has 8 amide bonds. The van der Waals surface area contributed by atoms with Gasteiger partial charge in [-0.15, -0.1) is 22.7 Å². The van der Waals surface area contributed by atoms with Gasteiger partial charge in [0.25, 0.3) is 5.91 Å². The van der Waals surface area contributed by atoms with E-state index in [1.807, 2.05) is 0 Å². The highest BCUT2D eigenvalue weighted by Gasteiger charge is 2.54. The Morgan fingerprint density at radius 3 is 2.04 bits per heavy atom. The average molecular weight is 1480 g/mol. The molecule has 2 fully saturated rings. The molecule has 2 aliphatic heterocycles. The van der Waals surface area contributed by atoms with Crippen molar-refractivity contribution in [1.82, 2.24) is 67.1 Å². The standard InChI is InChI=1S/C59H94N20O21S2/c1-24(52(91)77-38(27(4)82)54(93)70-15-9-37-74-32(22-101-37)56-75-31(21-102-56)53(92)69-13-7-12-66-10-5-6-11-67-14-8-35(61)83)40(85)26(3)73-55(94)39(76-50-25(2)48(63)78-51(79-50)29(16-36(62)84)71-17-28(60)49(64)90)45(30-18-68-23-72-30)98-58-47(43(88)41(86)33(19-80)97-58)99-57-44(89)46(100-59(65)95)42(87)34(20-81)96-57/h18,21-24,26-29,33-34,38-47,57-58,66-67,71,80-82,85-89H,5-17,19-20,60H2,1-4H3,(H2,61,83)(H2,62,84)(H2,64,90)(H2,65,95)(H,68,72)(H,69,92)(H,70,93)(H,73,94)(H,77,91)(H3,63,76,78,79)/t24?,26?,27?,28?,29?,33-,34+,38?,39+,40?,41+,42+,43-,44-,45?,46-,47-,57-,58-/m0/s1. The summed E-state index contributed by atoms with van der Waals surface area (Å²) < 4.78 is 29.0. The smallest absolute Gasteiger partial charge is 0.404 e. The lowest BCUT2D eigenvalue weighted by Crippen LogP contribution is -2.65. The van der Waals surface area contributed by atoms with Crippen LogP contribution in [0.25, 0.3) is 10.7 Å². The molecule has 568 valence electrons. The zero-order valence-electron chi connectivity index (χ0n) is 56.3. The van der Waals surface area contributed by atoms with Crippen LogP contribution in [0.1, 0.15) is 97.6 Å². The molecule has 0 aromatic carbocycles. The summed E-state index contributed by atoms with van der Waals surface area (Å²) in [7, 11) is 0. The summed E-state index contributed by atoms with van der Waals surface area (Å²) in [6, 6.07) is -7.47. The molecule has 4 aromatic rings. The predicted molar refractivity (Wildman–Crippen MR) is 360 cm³/mol. The van der Waals surface area contributed by atoms with Crippen molar-refractivity contribution in [3.63, 3.8) is 0 Å². The highest BCUT2D eigenvalue weighted by atomic mass is 32.1. The summed E-state index contributed by atoms with van der Waals surface area (Å²) in [6.45, 7) is 6.21. The third-order valence-electron chi connectivity index (χ3n) is 16.4. The van der Waals surface area contributed by atoms with Crippen LogP contribution in [0.5, 0.6) is 0 Å². The summed E-state index contributed by atoms with van der Waals surface area (Å²) in [5.41, 5.74) is 34.3. The number of nitrogens with zero attached hydrogens (tertiary/aromatic N) is 5. The number of aromatic amines is 1. The van der Waals surface area contributed by atoms with Gasteiger partial charge in [0.1, 0.15) is 88.9 Å². The number of amides is 8. The summed E-state index contributed by atoms with van der Waals surface area (Å²) >= 11 is 2.50. The van der Waals surface area contributed by atoms with Crippen LogP contribution in [-0.2, 0) is 58.9 Å². The number of anilines is 2. The SMILES string of the molecule is Cc1c(N)nc(C(CC(N)=O)NCC(N)C(N)=O)nc1N[C@@H](C(=O)NC(C)C(O)C(C)C(=O)NC(C(=O)NCCc1nc(-c2nc(C(=O)NCCCNCCCCNCCC(N)=O)cs2)cs1)C(C)O)C(O[C@@H]1O[C@@H](CO)[C@@H](O)[C@H](O)[C@@H]1O[C@@H]1O[C@H](CO)[C@@H](O)[C@H](OC(N)=O)[C@@H]1O)c1cnc[nH]1. The third-order valence-corrected chi connectivity index (χ3v) is 18.2. The molecular weight excluding hydrogens is 1390 g/mol. The van der Waals surface area contributed by atoms with Crippen LogP contribution in [0.15, 0.2) is 23.3 Å². The fourth-order valence-corrected chi connectivity index (χ4v) is 12.1. The predicted octanol–water partition coefficient (Wildman–Crippen LogP) is -8.06. The number of aliphatic hydroxyl groups is 8. The van der Waals surface area contributed by atoms with Gasteiger partial charge in [0.05, 0.1) is 72.7 Å². The number of ether oxygens (including phenoxy) is 5. The molecule has 0 bridgehead atoms. The minimum atomic E-state index is -2.16. The molecule has 102 heavy (non-hydrogen) atoms. The number of carbonyl (C=O) groups is 8. The number of carbonyl (C=O) groups excluding carboxylic acids is 8. The maximum absolute atomic E-state index is 15.3. The van der Waals surface area contributed by atoms with Crippen molar-refractivity contribution in [1.29, 1.82) is 0 Å². The highest BCUT2D eigenvalue weighted by molar-refractivity contribution is 7.14. The van der Waals surface area contributed by atoms with Crippen LogP contribution in [0, 0.1) is 12.8 Å². The first kappa shape index (κ1) is 83.0. The molecule has 29 N–H and O–H groups in total. The van der Waals surface area contributed by atoms with Gasteiger partial charge in [-0.25, -0.2) is 29.7 Å². The maximum Gasteiger partial charge on any atom is 0.404 e. The van der Waals surface area contributed by atoms with E-state index in [-0.39, 0.29) is 65.7 Å². The van der Waals surface area contributed by atoms with E-state index in [1.165, 1.54) is 50.4 Å². The van der Waals surface area contributed by atoms with Crippen LogP contribution in [-0.4, -0.2) is 275 Å². The van der Waals surface area contributed by atoms with Crippen LogP contribution < -0.4 is 76.9 Å². The van der Waals surface area contributed by atoms with Gasteiger partial charge in [-0.2, -0.15) is 0 Å². The van der Waals surface area contributed by atoms with Crippen LogP contribution >= 0.6 is 22.7 Å². The number of primary amides is 4. The van der Waals surface area contributed by atoms with E-state index < -0.39 is 171 Å². The number of hydrogen-bond acceptors (Lipinski definition) is 34. The fourth-order valence-electron chi connectivity index (χ4n) is 10.5. The Kier molecular flexibility index (Phi) is 32.7. The number of rotatable bonds is 43. The topological polar surface area (TPSA) is 677 Å². The lowest BCUT2D eigenvalue weighted by molar-refractivity contribution is -0.372. The molecule has 0 spiro atoms. The number of aromatic nitrogens is 6. The number of thiazole rings is 2. The molecular formula is C59H94N20O21S2. The number of nitrogens with two attached hydrogens (primary N) is 6. The molecule has 8 unspecified atom stereocenters. The molecule has 19 atom stereocenters. The second-order valence-corrected chi connectivity index (χ2v) is 26.0. The van der Waals surface area contributed by atoms with E-state index in [0.29, 0.717) is 48.2 Å². The molecule has 43 heteroatoms. The Morgan fingerprint density at radius 2 is 1.40 bits per heavy atom. The molecule has 6 rings (SSSR count). The normalized spacial score (nSPS) is 23.2. The number of imidazole rings is 1. The number of hydrogen-bond donors (Lipinski definition) is 23. The number of nitrogen functional groups attached to an aromatic ring is 1. The summed E-state index contributed by atoms with van der Waals surface area (Å²) in [6.07, 6.45) is -21.5. The minimum Gasteiger partial charge on any atom is -0.441 e. The molecule has 0 aliphatic carbocycles. The molecule has 0 saturated carbocycles. The van der Waals surface area contributed by atoms with Gasteiger partial charge >= 0.3 is 6.09 Å². The van der Waals surface area contributed by atoms with Gasteiger partial charge in [-0.1, -0.05) is 6.92 Å². The van der Waals surface area contributed by atoms with Crippen LogP contribution in [0.2, 0.25) is 0 Å². The summed E-state index contributed by atoms with van der Waals surface area (Å²) in [5, 5.41) is 116. The molecule has 0 radical (unpaired) electrons. The Balaban J connectivity index is 1.17. The average Bonchev–Trinajstić information content (AvgIpc) is 0.996. The van der Waals surface area contributed by atoms with E-state index in [0.717, 1.165) is 38.5 Å². The number of nitrogens with one attached hydrogen (secondary N) is 9. The van der Waals surface area contributed by atoms with E-state index in [4.69, 9.17) is 58.1 Å². The van der Waals surface area contributed by atoms with Crippen molar-refractivity contribution < 1.29 is 103 Å². The van der Waals surface area contributed by atoms with Crippen molar-refractivity contribution in [3.05, 3.63) is 51.1 Å². The van der Waals surface area contributed by atoms with Gasteiger partial charge < -0.3 is 146 Å². The number of H-pyrrole nitrogens is 1. The molecule has 6 heterocycles. The second-order valence-electron chi connectivity index (χ2n) is 24.2. The number of aliphatic hydroxyl groups excluding tert-OH is 8. The monoisotopic (exact) mass is 1480 g/mol. The molecule has 2 aliphatic rings. The number of unbranched alkanes of at least 4 members (excludes halogenated alkanes) is 1. The Labute approximate surface area is 592 Å². The van der Waals surface area contributed by atoms with Crippen molar-refractivity contribution in [3.8, 4) is 10.7 Å². The Morgan fingerprint density at radius 1 is 0.725 bits per heavy atom. The summed E-state index contributed by atoms with van der Waals surface area (Å²) in [5.74, 6) is -7.62. The second kappa shape index (κ2) is 40.2. The summed E-state index contributed by atoms with van der Waals surface area (Å²) in [4.78, 5) is 128. The van der Waals surface area contributed by atoms with Gasteiger partial charge in [-0.05, 0) is 59.7 Å². The third kappa shape index (κ3) is 23.8. The van der Waals surface area contributed by atoms with Gasteiger partial charge in [0.2, 0.25) is 35.4 Å². The van der Waals surface area contributed by atoms with Crippen LogP contribution in [0.3, 0.4) is 0 Å². The van der Waals surface area contributed by atoms with Crippen LogP contribution in [0.4, 0.5) is 16.4 Å². The maximum atomic E-state index is 15.3. The Hall–Kier alpha value is -7.93. The van der Waals surface area contributed by atoms with Gasteiger partial charge in [-0.3, -0.25) is 33.6 Å². The lowest BCUT2D eigenvalue weighted by atomic mass is 9.96. The van der Waals surface area contributed by atoms with Gasteiger partial charge in [0.15, 0.2) is 24.5 Å². The first-order valence-corrected chi connectivity index (χ1v) is 34.3. The van der Waals surface area contributed by atoms with E-state index in [9.17, 15) is 74.4 Å².